The highest BCUT2D eigenvalue weighted by Gasteiger charge is 2.48. The molecule has 0 saturated heterocycles. The Morgan fingerprint density at radius 1 is 1.29 bits per heavy atom. The van der Waals surface area contributed by atoms with E-state index in [1.165, 1.54) is 0 Å². The van der Waals surface area contributed by atoms with Crippen LogP contribution in [0, 0.1) is 5.41 Å². The normalized spacial score (nSPS) is 16.4. The van der Waals surface area contributed by atoms with Crippen molar-refractivity contribution in [3.63, 3.8) is 0 Å². The molecule has 3 nitrogen and oxygen atoms in total. The Hall–Kier alpha value is -0.570. The lowest BCUT2D eigenvalue weighted by Gasteiger charge is -2.40. The maximum atomic E-state index is 11.3. The zero-order valence-electron chi connectivity index (χ0n) is 9.89. The predicted octanol–water partition coefficient (Wildman–Crippen LogP) is 2.69. The summed E-state index contributed by atoms with van der Waals surface area (Å²) in [4.78, 5) is 11.3. The van der Waals surface area contributed by atoms with Crippen molar-refractivity contribution < 1.29 is 14.6 Å². The molecule has 1 atom stereocenters. The molecule has 84 valence electrons. The standard InChI is InChI=1S/C11H22O3/c1-6-8-14-11(7-2,9(12)13)10(3,4)5/h6-8H2,1-5H3,(H,12,13). The van der Waals surface area contributed by atoms with Gasteiger partial charge in [0.1, 0.15) is 0 Å². The van der Waals surface area contributed by atoms with Gasteiger partial charge in [-0.2, -0.15) is 0 Å². The lowest BCUT2D eigenvalue weighted by atomic mass is 9.74. The molecule has 0 aliphatic heterocycles. The molecular formula is C11H22O3. The van der Waals surface area contributed by atoms with Crippen LogP contribution in [0.25, 0.3) is 0 Å². The Morgan fingerprint density at radius 2 is 1.79 bits per heavy atom. The average molecular weight is 202 g/mol. The molecule has 0 aliphatic carbocycles. The largest absolute Gasteiger partial charge is 0.479 e. The first-order valence-corrected chi connectivity index (χ1v) is 5.19. The quantitative estimate of drug-likeness (QED) is 0.745. The van der Waals surface area contributed by atoms with E-state index in [1.54, 1.807) is 0 Å². The van der Waals surface area contributed by atoms with E-state index in [9.17, 15) is 9.90 Å². The van der Waals surface area contributed by atoms with Gasteiger partial charge in [-0.1, -0.05) is 34.6 Å². The van der Waals surface area contributed by atoms with Crippen LogP contribution in [0.15, 0.2) is 0 Å². The third kappa shape index (κ3) is 2.47. The van der Waals surface area contributed by atoms with Gasteiger partial charge in [0.05, 0.1) is 0 Å². The van der Waals surface area contributed by atoms with Crippen LogP contribution >= 0.6 is 0 Å². The molecule has 0 radical (unpaired) electrons. The van der Waals surface area contributed by atoms with Gasteiger partial charge in [-0.15, -0.1) is 0 Å². The summed E-state index contributed by atoms with van der Waals surface area (Å²) < 4.78 is 5.55. The van der Waals surface area contributed by atoms with Crippen LogP contribution in [0.2, 0.25) is 0 Å². The molecule has 0 saturated carbocycles. The fourth-order valence-electron chi connectivity index (χ4n) is 1.66. The fourth-order valence-corrected chi connectivity index (χ4v) is 1.66. The van der Waals surface area contributed by atoms with Crippen molar-refractivity contribution in [1.29, 1.82) is 0 Å². The van der Waals surface area contributed by atoms with Gasteiger partial charge in [0, 0.05) is 12.0 Å². The van der Waals surface area contributed by atoms with Crippen LogP contribution in [0.4, 0.5) is 0 Å². The van der Waals surface area contributed by atoms with Crippen molar-refractivity contribution in [3.05, 3.63) is 0 Å². The number of hydrogen-bond acceptors (Lipinski definition) is 2. The molecule has 0 aliphatic rings. The van der Waals surface area contributed by atoms with Crippen LogP contribution in [-0.4, -0.2) is 23.3 Å². The molecule has 0 rings (SSSR count). The van der Waals surface area contributed by atoms with E-state index in [1.807, 2.05) is 34.6 Å². The molecule has 14 heavy (non-hydrogen) atoms. The summed E-state index contributed by atoms with van der Waals surface area (Å²) in [5.41, 5.74) is -1.44. The second-order valence-corrected chi connectivity index (χ2v) is 4.58. The zero-order valence-corrected chi connectivity index (χ0v) is 9.89. The third-order valence-corrected chi connectivity index (χ3v) is 2.61. The summed E-state index contributed by atoms with van der Waals surface area (Å²) in [7, 11) is 0. The van der Waals surface area contributed by atoms with Gasteiger partial charge < -0.3 is 9.84 Å². The first-order chi connectivity index (χ1) is 6.31. The lowest BCUT2D eigenvalue weighted by Crippen LogP contribution is -2.52. The first-order valence-electron chi connectivity index (χ1n) is 5.19. The molecule has 0 spiro atoms. The van der Waals surface area contributed by atoms with Crippen molar-refractivity contribution in [3.8, 4) is 0 Å². The van der Waals surface area contributed by atoms with Crippen LogP contribution < -0.4 is 0 Å². The molecule has 1 N–H and O–H groups in total. The molecule has 0 aromatic carbocycles. The smallest absolute Gasteiger partial charge is 0.336 e. The van der Waals surface area contributed by atoms with Crippen molar-refractivity contribution in [2.45, 2.75) is 53.1 Å². The SMILES string of the molecule is CCCOC(CC)(C(=O)O)C(C)(C)C. The van der Waals surface area contributed by atoms with Crippen LogP contribution in [0.5, 0.6) is 0 Å². The van der Waals surface area contributed by atoms with Crippen molar-refractivity contribution >= 4 is 5.97 Å². The van der Waals surface area contributed by atoms with E-state index in [4.69, 9.17) is 4.74 Å². The molecule has 0 heterocycles. The van der Waals surface area contributed by atoms with Gasteiger partial charge in [0.2, 0.25) is 0 Å². The number of aliphatic carboxylic acids is 1. The van der Waals surface area contributed by atoms with Gasteiger partial charge in [-0.05, 0) is 12.8 Å². The fraction of sp³-hybridized carbons (Fsp3) is 0.909. The molecular weight excluding hydrogens is 180 g/mol. The molecule has 0 amide bonds. The van der Waals surface area contributed by atoms with E-state index < -0.39 is 11.6 Å². The Bertz CT molecular complexity index is 193. The van der Waals surface area contributed by atoms with Gasteiger partial charge in [-0.25, -0.2) is 4.79 Å². The lowest BCUT2D eigenvalue weighted by molar-refractivity contribution is -0.184. The highest BCUT2D eigenvalue weighted by atomic mass is 16.5. The zero-order chi connectivity index (χ0) is 11.4. The van der Waals surface area contributed by atoms with E-state index in [0.717, 1.165) is 6.42 Å². The Labute approximate surface area is 86.5 Å². The number of carbonyl (C=O) groups is 1. The average Bonchev–Trinajstić information content (AvgIpc) is 2.03. The van der Waals surface area contributed by atoms with Crippen LogP contribution in [0.1, 0.15) is 47.5 Å². The van der Waals surface area contributed by atoms with E-state index in [0.29, 0.717) is 13.0 Å². The molecule has 0 bridgehead atoms. The van der Waals surface area contributed by atoms with Crippen molar-refractivity contribution in [2.24, 2.45) is 5.41 Å². The molecule has 1 unspecified atom stereocenters. The highest BCUT2D eigenvalue weighted by molar-refractivity contribution is 5.78. The van der Waals surface area contributed by atoms with E-state index >= 15 is 0 Å². The summed E-state index contributed by atoms with van der Waals surface area (Å²) in [6.07, 6.45) is 1.33. The minimum absolute atomic E-state index is 0.386. The summed E-state index contributed by atoms with van der Waals surface area (Å²) in [5.74, 6) is -0.860. The first kappa shape index (κ1) is 13.4. The maximum absolute atomic E-state index is 11.3. The van der Waals surface area contributed by atoms with Crippen molar-refractivity contribution in [1.82, 2.24) is 0 Å². The number of hydrogen-bond donors (Lipinski definition) is 1. The molecule has 0 aromatic heterocycles. The highest BCUT2D eigenvalue weighted by Crippen LogP contribution is 2.37. The maximum Gasteiger partial charge on any atom is 0.336 e. The molecule has 0 aromatic rings. The van der Waals surface area contributed by atoms with E-state index in [-0.39, 0.29) is 5.41 Å². The Morgan fingerprint density at radius 3 is 2.00 bits per heavy atom. The summed E-state index contributed by atoms with van der Waals surface area (Å²) in [6.45, 7) is 10.0. The second-order valence-electron chi connectivity index (χ2n) is 4.58. The monoisotopic (exact) mass is 202 g/mol. The topological polar surface area (TPSA) is 46.5 Å². The number of carboxylic acids is 1. The minimum atomic E-state index is -1.05. The number of carboxylic acid groups (broad SMARTS) is 1. The van der Waals surface area contributed by atoms with Crippen LogP contribution in [0.3, 0.4) is 0 Å². The summed E-state index contributed by atoms with van der Waals surface area (Å²) in [5, 5.41) is 9.26. The number of rotatable bonds is 5. The Balaban J connectivity index is 4.90. The predicted molar refractivity (Wildman–Crippen MR) is 56.4 cm³/mol. The van der Waals surface area contributed by atoms with Gasteiger partial charge in [-0.3, -0.25) is 0 Å². The minimum Gasteiger partial charge on any atom is -0.479 e. The van der Waals surface area contributed by atoms with Crippen LogP contribution in [-0.2, 0) is 9.53 Å². The molecule has 0 fully saturated rings. The van der Waals surface area contributed by atoms with E-state index in [2.05, 4.69) is 0 Å². The Kier molecular flexibility index (Phi) is 4.59. The summed E-state index contributed by atoms with van der Waals surface area (Å²) in [6, 6.07) is 0. The van der Waals surface area contributed by atoms with Crippen molar-refractivity contribution in [2.75, 3.05) is 6.61 Å². The van der Waals surface area contributed by atoms with Gasteiger partial charge >= 0.3 is 5.97 Å². The second kappa shape index (κ2) is 4.78. The molecule has 3 heteroatoms. The third-order valence-electron chi connectivity index (χ3n) is 2.61. The van der Waals surface area contributed by atoms with Gasteiger partial charge in [0.25, 0.3) is 0 Å². The number of ether oxygens (including phenoxy) is 1. The van der Waals surface area contributed by atoms with Gasteiger partial charge in [0.15, 0.2) is 5.60 Å². The summed E-state index contributed by atoms with van der Waals surface area (Å²) >= 11 is 0.